The molecule has 2 aromatic carbocycles. The van der Waals surface area contributed by atoms with Crippen LogP contribution in [0, 0.1) is 0 Å². The van der Waals surface area contributed by atoms with E-state index in [-0.39, 0.29) is 28.2 Å². The smallest absolute Gasteiger partial charge is 0.417 e. The second-order valence-corrected chi connectivity index (χ2v) is 5.93. The van der Waals surface area contributed by atoms with Crippen LogP contribution in [0.3, 0.4) is 0 Å². The molecule has 2 aromatic rings. The van der Waals surface area contributed by atoms with E-state index in [9.17, 15) is 22.8 Å². The van der Waals surface area contributed by atoms with Gasteiger partial charge in [0.05, 0.1) is 5.56 Å². The Labute approximate surface area is 170 Å². The summed E-state index contributed by atoms with van der Waals surface area (Å²) in [4.78, 5) is 22.4. The van der Waals surface area contributed by atoms with Crippen LogP contribution < -0.4 is 9.47 Å². The van der Waals surface area contributed by atoms with Crippen molar-refractivity contribution >= 4 is 11.9 Å². The van der Waals surface area contributed by atoms with Gasteiger partial charge in [-0.15, -0.1) is 0 Å². The SMILES string of the molecule is C=CC(=O)O/C=C\Oc1ccc(-c2ccc(OC(=O)C(=C)C)cc2)c(C(F)(F)F)c1. The summed E-state index contributed by atoms with van der Waals surface area (Å²) in [6.45, 7) is 8.14. The molecular formula is C22H17F3O5. The normalized spacial score (nSPS) is 11.1. The van der Waals surface area contributed by atoms with Crippen LogP contribution >= 0.6 is 0 Å². The number of hydrogen-bond acceptors (Lipinski definition) is 5. The number of esters is 2. The lowest BCUT2D eigenvalue weighted by molar-refractivity contribution is -0.137. The van der Waals surface area contributed by atoms with Gasteiger partial charge in [0.2, 0.25) is 0 Å². The van der Waals surface area contributed by atoms with Crippen molar-refractivity contribution in [2.24, 2.45) is 0 Å². The van der Waals surface area contributed by atoms with Crippen LogP contribution in [0.25, 0.3) is 11.1 Å². The van der Waals surface area contributed by atoms with Crippen molar-refractivity contribution < 1.29 is 37.0 Å². The Morgan fingerprint density at radius 2 is 1.63 bits per heavy atom. The number of carbonyl (C=O) groups excluding carboxylic acids is 2. The molecule has 156 valence electrons. The first kappa shape index (κ1) is 22.5. The summed E-state index contributed by atoms with van der Waals surface area (Å²) in [5, 5.41) is 0. The minimum absolute atomic E-state index is 0.0882. The molecule has 0 aliphatic rings. The molecule has 0 aromatic heterocycles. The molecule has 0 amide bonds. The molecule has 0 heterocycles. The maximum atomic E-state index is 13.6. The molecule has 0 atom stereocenters. The highest BCUT2D eigenvalue weighted by atomic mass is 19.4. The number of rotatable bonds is 7. The number of ether oxygens (including phenoxy) is 3. The summed E-state index contributed by atoms with van der Waals surface area (Å²) in [6, 6.07) is 8.98. The van der Waals surface area contributed by atoms with Gasteiger partial charge in [0, 0.05) is 11.6 Å². The summed E-state index contributed by atoms with van der Waals surface area (Å²) in [5.41, 5.74) is -0.556. The van der Waals surface area contributed by atoms with Gasteiger partial charge in [0.1, 0.15) is 24.0 Å². The van der Waals surface area contributed by atoms with Crippen LogP contribution in [0.2, 0.25) is 0 Å². The van der Waals surface area contributed by atoms with E-state index in [1.54, 1.807) is 0 Å². The Balaban J connectivity index is 2.27. The lowest BCUT2D eigenvalue weighted by atomic mass is 9.99. The predicted molar refractivity (Wildman–Crippen MR) is 103 cm³/mol. The molecule has 2 rings (SSSR count). The van der Waals surface area contributed by atoms with Crippen molar-refractivity contribution in [2.45, 2.75) is 13.1 Å². The summed E-state index contributed by atoms with van der Waals surface area (Å²) in [7, 11) is 0. The van der Waals surface area contributed by atoms with Crippen LogP contribution in [0.4, 0.5) is 13.2 Å². The first-order chi connectivity index (χ1) is 14.1. The van der Waals surface area contributed by atoms with Crippen molar-refractivity contribution in [2.75, 3.05) is 0 Å². The number of halogens is 3. The van der Waals surface area contributed by atoms with Gasteiger partial charge in [-0.1, -0.05) is 31.4 Å². The Morgan fingerprint density at radius 1 is 1.00 bits per heavy atom. The van der Waals surface area contributed by atoms with Gasteiger partial charge in [0.15, 0.2) is 0 Å². The minimum atomic E-state index is -4.65. The fourth-order valence-corrected chi connectivity index (χ4v) is 2.23. The van der Waals surface area contributed by atoms with Gasteiger partial charge in [-0.2, -0.15) is 13.2 Å². The highest BCUT2D eigenvalue weighted by Crippen LogP contribution is 2.39. The summed E-state index contributed by atoms with van der Waals surface area (Å²) in [5.74, 6) is -1.30. The zero-order valence-electron chi connectivity index (χ0n) is 15.9. The topological polar surface area (TPSA) is 61.8 Å². The van der Waals surface area contributed by atoms with Crippen LogP contribution in [-0.2, 0) is 20.5 Å². The number of alkyl halides is 3. The fraction of sp³-hybridized carbons (Fsp3) is 0.0909. The molecule has 8 heteroatoms. The van der Waals surface area contributed by atoms with Crippen molar-refractivity contribution in [3.63, 3.8) is 0 Å². The van der Waals surface area contributed by atoms with Crippen LogP contribution in [0.5, 0.6) is 11.5 Å². The van der Waals surface area contributed by atoms with E-state index in [1.165, 1.54) is 43.3 Å². The lowest BCUT2D eigenvalue weighted by Crippen LogP contribution is -2.08. The van der Waals surface area contributed by atoms with E-state index in [0.717, 1.165) is 24.7 Å². The highest BCUT2D eigenvalue weighted by Gasteiger charge is 2.34. The van der Waals surface area contributed by atoms with Gasteiger partial charge >= 0.3 is 18.1 Å². The number of benzene rings is 2. The van der Waals surface area contributed by atoms with E-state index < -0.39 is 23.7 Å². The molecule has 0 aliphatic heterocycles. The number of carbonyl (C=O) groups is 2. The third-order valence-corrected chi connectivity index (χ3v) is 3.63. The third kappa shape index (κ3) is 6.10. The molecule has 30 heavy (non-hydrogen) atoms. The van der Waals surface area contributed by atoms with Gasteiger partial charge in [-0.25, -0.2) is 9.59 Å². The molecule has 0 N–H and O–H groups in total. The monoisotopic (exact) mass is 418 g/mol. The van der Waals surface area contributed by atoms with Gasteiger partial charge in [-0.05, 0) is 42.3 Å². The molecule has 0 saturated heterocycles. The van der Waals surface area contributed by atoms with E-state index in [2.05, 4.69) is 17.9 Å². The van der Waals surface area contributed by atoms with E-state index >= 15 is 0 Å². The molecule has 0 radical (unpaired) electrons. The van der Waals surface area contributed by atoms with Crippen LogP contribution in [-0.4, -0.2) is 11.9 Å². The average Bonchev–Trinajstić information content (AvgIpc) is 2.70. The van der Waals surface area contributed by atoms with Crippen molar-refractivity contribution in [3.8, 4) is 22.6 Å². The first-order valence-corrected chi connectivity index (χ1v) is 8.46. The van der Waals surface area contributed by atoms with Crippen molar-refractivity contribution in [1.82, 2.24) is 0 Å². The van der Waals surface area contributed by atoms with Gasteiger partial charge < -0.3 is 14.2 Å². The zero-order chi connectivity index (χ0) is 22.3. The van der Waals surface area contributed by atoms with E-state index in [4.69, 9.17) is 9.47 Å². The molecule has 0 saturated carbocycles. The fourth-order valence-electron chi connectivity index (χ4n) is 2.23. The Hall–Kier alpha value is -3.81. The second-order valence-electron chi connectivity index (χ2n) is 5.93. The Bertz CT molecular complexity index is 989. The average molecular weight is 418 g/mol. The quantitative estimate of drug-likeness (QED) is 0.260. The zero-order valence-corrected chi connectivity index (χ0v) is 15.9. The largest absolute Gasteiger partial charge is 0.462 e. The minimum Gasteiger partial charge on any atom is -0.462 e. The van der Waals surface area contributed by atoms with E-state index in [0.29, 0.717) is 0 Å². The van der Waals surface area contributed by atoms with E-state index in [1.807, 2.05) is 0 Å². The van der Waals surface area contributed by atoms with Crippen molar-refractivity contribution in [1.29, 1.82) is 0 Å². The predicted octanol–water partition coefficient (Wildman–Crippen LogP) is 5.43. The second kappa shape index (κ2) is 9.60. The third-order valence-electron chi connectivity index (χ3n) is 3.63. The van der Waals surface area contributed by atoms with Crippen LogP contribution in [0.1, 0.15) is 12.5 Å². The molecule has 0 spiro atoms. The summed E-state index contributed by atoms with van der Waals surface area (Å²) < 4.78 is 55.3. The summed E-state index contributed by atoms with van der Waals surface area (Å²) in [6.07, 6.45) is -1.91. The first-order valence-electron chi connectivity index (χ1n) is 8.46. The summed E-state index contributed by atoms with van der Waals surface area (Å²) >= 11 is 0. The molecule has 0 bridgehead atoms. The molecule has 0 fully saturated rings. The number of hydrogen-bond donors (Lipinski definition) is 0. The van der Waals surface area contributed by atoms with Gasteiger partial charge in [0.25, 0.3) is 0 Å². The Kier molecular flexibility index (Phi) is 7.19. The molecule has 0 unspecified atom stereocenters. The lowest BCUT2D eigenvalue weighted by Gasteiger charge is -2.15. The van der Waals surface area contributed by atoms with Crippen molar-refractivity contribution in [3.05, 3.63) is 85.4 Å². The molecule has 5 nitrogen and oxygen atoms in total. The highest BCUT2D eigenvalue weighted by molar-refractivity contribution is 5.88. The maximum Gasteiger partial charge on any atom is 0.417 e. The van der Waals surface area contributed by atoms with Gasteiger partial charge in [-0.3, -0.25) is 0 Å². The molecular weight excluding hydrogens is 401 g/mol. The van der Waals surface area contributed by atoms with Crippen LogP contribution in [0.15, 0.2) is 79.8 Å². The maximum absolute atomic E-state index is 13.6. The molecule has 0 aliphatic carbocycles. The standard InChI is InChI=1S/C22H17F3O5/c1-4-20(26)29-12-11-28-17-9-10-18(19(13-17)22(23,24)25)15-5-7-16(8-6-15)30-21(27)14(2)3/h4-13H,1-2H2,3H3/b12-11-. The Morgan fingerprint density at radius 3 is 2.20 bits per heavy atom.